The number of ether oxygens (including phenoxy) is 2. The number of hydrogen-bond donors (Lipinski definition) is 0. The maximum absolute atomic E-state index is 6.24. The van der Waals surface area contributed by atoms with Gasteiger partial charge in [-0.1, -0.05) is 68.8 Å². The van der Waals surface area contributed by atoms with Crippen LogP contribution in [0.25, 0.3) is 11.0 Å². The summed E-state index contributed by atoms with van der Waals surface area (Å²) < 4.78 is 14.2. The predicted octanol–water partition coefficient (Wildman–Crippen LogP) is 7.04. The average molecular weight is 449 g/mol. The summed E-state index contributed by atoms with van der Waals surface area (Å²) in [6, 6.07) is 24.0. The third kappa shape index (κ3) is 5.25. The summed E-state index contributed by atoms with van der Waals surface area (Å²) in [5.41, 5.74) is 3.50. The minimum atomic E-state index is 0.142. The molecule has 0 fully saturated rings. The topological polar surface area (TPSA) is 36.3 Å². The molecule has 0 spiro atoms. The van der Waals surface area contributed by atoms with E-state index in [0.29, 0.717) is 24.0 Å². The van der Waals surface area contributed by atoms with Crippen LogP contribution in [0.15, 0.2) is 72.8 Å². The molecular weight excluding hydrogens is 420 g/mol. The fraction of sp³-hybridized carbons (Fsp3) is 0.296. The van der Waals surface area contributed by atoms with E-state index in [0.717, 1.165) is 35.6 Å². The van der Waals surface area contributed by atoms with Crippen LogP contribution in [-0.2, 0) is 18.6 Å². The third-order valence-corrected chi connectivity index (χ3v) is 5.75. The second kappa shape index (κ2) is 9.66. The highest BCUT2D eigenvalue weighted by atomic mass is 35.5. The van der Waals surface area contributed by atoms with Gasteiger partial charge in [0, 0.05) is 6.54 Å². The van der Waals surface area contributed by atoms with Crippen LogP contribution >= 0.6 is 11.6 Å². The van der Waals surface area contributed by atoms with Gasteiger partial charge in [0.2, 0.25) is 0 Å². The average Bonchev–Trinajstić information content (AvgIpc) is 3.13. The first-order valence-electron chi connectivity index (χ1n) is 11.0. The molecule has 0 bridgehead atoms. The van der Waals surface area contributed by atoms with Crippen LogP contribution in [-0.4, -0.2) is 16.2 Å². The molecule has 0 saturated heterocycles. The van der Waals surface area contributed by atoms with E-state index in [1.54, 1.807) is 0 Å². The van der Waals surface area contributed by atoms with Gasteiger partial charge in [0.1, 0.15) is 23.9 Å². The number of benzene rings is 3. The van der Waals surface area contributed by atoms with Crippen molar-refractivity contribution in [2.45, 2.75) is 45.8 Å². The Balaban J connectivity index is 1.41. The summed E-state index contributed by atoms with van der Waals surface area (Å²) in [7, 11) is 0. The molecule has 0 unspecified atom stereocenters. The van der Waals surface area contributed by atoms with Crippen molar-refractivity contribution in [3.8, 4) is 11.5 Å². The van der Waals surface area contributed by atoms with Crippen molar-refractivity contribution in [2.75, 3.05) is 6.61 Å². The summed E-state index contributed by atoms with van der Waals surface area (Å²) in [5.74, 6) is 2.44. The van der Waals surface area contributed by atoms with Crippen LogP contribution in [0.4, 0.5) is 0 Å². The molecule has 0 radical (unpaired) electrons. The first-order valence-corrected chi connectivity index (χ1v) is 11.3. The first-order chi connectivity index (χ1) is 15.4. The van der Waals surface area contributed by atoms with Gasteiger partial charge in [-0.3, -0.25) is 0 Å². The Labute approximate surface area is 194 Å². The molecule has 0 aliphatic carbocycles. The van der Waals surface area contributed by atoms with E-state index in [4.69, 9.17) is 26.1 Å². The van der Waals surface area contributed by atoms with E-state index < -0.39 is 0 Å². The zero-order valence-corrected chi connectivity index (χ0v) is 19.6. The maximum atomic E-state index is 6.24. The molecule has 0 saturated carbocycles. The van der Waals surface area contributed by atoms with Gasteiger partial charge in [-0.25, -0.2) is 4.98 Å². The molecule has 1 heterocycles. The van der Waals surface area contributed by atoms with Crippen LogP contribution in [0.2, 0.25) is 5.02 Å². The smallest absolute Gasteiger partial charge is 0.148 e. The molecule has 0 N–H and O–H groups in total. The number of nitrogens with zero attached hydrogens (tertiary/aromatic N) is 2. The van der Waals surface area contributed by atoms with Gasteiger partial charge in [0.15, 0.2) is 0 Å². The van der Waals surface area contributed by atoms with Gasteiger partial charge in [-0.05, 0) is 53.8 Å². The van der Waals surface area contributed by atoms with Crippen molar-refractivity contribution in [2.24, 2.45) is 0 Å². The van der Waals surface area contributed by atoms with Gasteiger partial charge < -0.3 is 14.0 Å². The minimum Gasteiger partial charge on any atom is -0.494 e. The number of hydrogen-bond acceptors (Lipinski definition) is 3. The van der Waals surface area contributed by atoms with Gasteiger partial charge in [0.05, 0.1) is 22.7 Å². The van der Waals surface area contributed by atoms with Gasteiger partial charge >= 0.3 is 0 Å². The second-order valence-electron chi connectivity index (χ2n) is 8.86. The standard InChI is InChI=1S/C27H29ClN2O2/c1-27(2,3)20-13-15-21(16-14-20)31-18-8-17-30-24-11-6-5-10-23(24)29-26(30)19-32-25-12-7-4-9-22(25)28/h4-7,9-16H,8,17-19H2,1-3H3. The summed E-state index contributed by atoms with van der Waals surface area (Å²) in [5, 5.41) is 0.598. The predicted molar refractivity (Wildman–Crippen MR) is 131 cm³/mol. The third-order valence-electron chi connectivity index (χ3n) is 5.44. The molecule has 0 amide bonds. The van der Waals surface area contributed by atoms with Crippen molar-refractivity contribution < 1.29 is 9.47 Å². The normalized spacial score (nSPS) is 11.6. The van der Waals surface area contributed by atoms with E-state index in [1.165, 1.54) is 5.56 Å². The van der Waals surface area contributed by atoms with Crippen LogP contribution in [0, 0.1) is 0 Å². The van der Waals surface area contributed by atoms with Gasteiger partial charge in [0.25, 0.3) is 0 Å². The molecule has 5 heteroatoms. The van der Waals surface area contributed by atoms with Crippen molar-refractivity contribution >= 4 is 22.6 Å². The summed E-state index contributed by atoms with van der Waals surface area (Å²) in [6.07, 6.45) is 0.862. The highest BCUT2D eigenvalue weighted by Gasteiger charge is 2.14. The quantitative estimate of drug-likeness (QED) is 0.271. The number of rotatable bonds is 8. The molecule has 3 aromatic carbocycles. The Kier molecular flexibility index (Phi) is 6.71. The summed E-state index contributed by atoms with van der Waals surface area (Å²) in [6.45, 7) is 8.42. The number of imidazole rings is 1. The Bertz CT molecular complexity index is 1180. The Morgan fingerprint density at radius 1 is 0.875 bits per heavy atom. The molecule has 0 aliphatic heterocycles. The molecule has 166 valence electrons. The van der Waals surface area contributed by atoms with E-state index in [9.17, 15) is 0 Å². The number of para-hydroxylation sites is 3. The number of halogens is 1. The van der Waals surface area contributed by atoms with E-state index in [-0.39, 0.29) is 5.41 Å². The highest BCUT2D eigenvalue weighted by Crippen LogP contribution is 2.26. The molecule has 4 aromatic rings. The Morgan fingerprint density at radius 2 is 1.59 bits per heavy atom. The van der Waals surface area contributed by atoms with Crippen molar-refractivity contribution in [1.82, 2.24) is 9.55 Å². The fourth-order valence-electron chi connectivity index (χ4n) is 3.65. The fourth-order valence-corrected chi connectivity index (χ4v) is 3.84. The van der Waals surface area contributed by atoms with Crippen LogP contribution < -0.4 is 9.47 Å². The second-order valence-corrected chi connectivity index (χ2v) is 9.27. The molecular formula is C27H29ClN2O2. The largest absolute Gasteiger partial charge is 0.494 e. The lowest BCUT2D eigenvalue weighted by Crippen LogP contribution is -2.11. The van der Waals surface area contributed by atoms with Crippen molar-refractivity contribution in [3.05, 3.63) is 89.2 Å². The van der Waals surface area contributed by atoms with Crippen LogP contribution in [0.5, 0.6) is 11.5 Å². The lowest BCUT2D eigenvalue weighted by Gasteiger charge is -2.19. The van der Waals surface area contributed by atoms with Crippen LogP contribution in [0.3, 0.4) is 0 Å². The van der Waals surface area contributed by atoms with Crippen LogP contribution in [0.1, 0.15) is 38.6 Å². The van der Waals surface area contributed by atoms with E-state index in [1.807, 2.05) is 42.5 Å². The molecule has 32 heavy (non-hydrogen) atoms. The zero-order valence-electron chi connectivity index (χ0n) is 18.8. The number of fused-ring (bicyclic) bond motifs is 1. The first kappa shape index (κ1) is 22.2. The molecule has 1 aromatic heterocycles. The zero-order chi connectivity index (χ0) is 22.6. The lowest BCUT2D eigenvalue weighted by atomic mass is 9.87. The summed E-state index contributed by atoms with van der Waals surface area (Å²) in [4.78, 5) is 4.78. The van der Waals surface area contributed by atoms with Crippen molar-refractivity contribution in [1.29, 1.82) is 0 Å². The molecule has 0 aliphatic rings. The monoisotopic (exact) mass is 448 g/mol. The minimum absolute atomic E-state index is 0.142. The van der Waals surface area contributed by atoms with E-state index >= 15 is 0 Å². The van der Waals surface area contributed by atoms with Crippen molar-refractivity contribution in [3.63, 3.8) is 0 Å². The molecule has 4 nitrogen and oxygen atoms in total. The molecule has 4 rings (SSSR count). The Morgan fingerprint density at radius 3 is 2.34 bits per heavy atom. The SMILES string of the molecule is CC(C)(C)c1ccc(OCCCn2c(COc3ccccc3Cl)nc3ccccc32)cc1. The van der Waals surface area contributed by atoms with Gasteiger partial charge in [-0.2, -0.15) is 0 Å². The van der Waals surface area contributed by atoms with E-state index in [2.05, 4.69) is 55.7 Å². The summed E-state index contributed by atoms with van der Waals surface area (Å²) >= 11 is 6.24. The number of aryl methyl sites for hydroxylation is 1. The maximum Gasteiger partial charge on any atom is 0.148 e. The Hall–Kier alpha value is -2.98. The van der Waals surface area contributed by atoms with Gasteiger partial charge in [-0.15, -0.1) is 0 Å². The highest BCUT2D eigenvalue weighted by molar-refractivity contribution is 6.32. The lowest BCUT2D eigenvalue weighted by molar-refractivity contribution is 0.280. The molecule has 0 atom stereocenters. The number of aromatic nitrogens is 2.